The Labute approximate surface area is 105 Å². The number of carboxylic acid groups (broad SMARTS) is 1. The first-order valence-corrected chi connectivity index (χ1v) is 6.84. The van der Waals surface area contributed by atoms with E-state index in [0.717, 1.165) is 25.7 Å². The van der Waals surface area contributed by atoms with Crippen LogP contribution < -0.4 is 5.32 Å². The normalized spacial score (nSPS) is 29.2. The zero-order valence-electron chi connectivity index (χ0n) is 11.6. The lowest BCUT2D eigenvalue weighted by Crippen LogP contribution is -2.44. The first-order valence-electron chi connectivity index (χ1n) is 6.84. The number of unbranched alkanes of at least 4 members (excludes halogenated alkanes) is 1. The van der Waals surface area contributed by atoms with Crippen LogP contribution in [0, 0.1) is 11.3 Å². The van der Waals surface area contributed by atoms with Crippen molar-refractivity contribution < 1.29 is 9.90 Å². The Kier molecular flexibility index (Phi) is 4.99. The number of carbonyl (C=O) groups is 1. The van der Waals surface area contributed by atoms with Gasteiger partial charge < -0.3 is 10.4 Å². The average Bonchev–Trinajstić information content (AvgIpc) is 2.46. The molecule has 3 atom stereocenters. The van der Waals surface area contributed by atoms with Crippen LogP contribution in [0.5, 0.6) is 0 Å². The van der Waals surface area contributed by atoms with Gasteiger partial charge in [-0.15, -0.1) is 0 Å². The molecule has 1 fully saturated rings. The predicted molar refractivity (Wildman–Crippen MR) is 70.1 cm³/mol. The third-order valence-electron chi connectivity index (χ3n) is 3.89. The number of nitrogens with one attached hydrogen (secondary N) is 1. The lowest BCUT2D eigenvalue weighted by Gasteiger charge is -2.23. The van der Waals surface area contributed by atoms with Crippen molar-refractivity contribution in [2.75, 3.05) is 0 Å². The summed E-state index contributed by atoms with van der Waals surface area (Å²) in [5.41, 5.74) is 0.352. The highest BCUT2D eigenvalue weighted by Crippen LogP contribution is 2.41. The third-order valence-corrected chi connectivity index (χ3v) is 3.89. The summed E-state index contributed by atoms with van der Waals surface area (Å²) in [5, 5.41) is 12.6. The fraction of sp³-hybridized carbons (Fsp3) is 0.929. The smallest absolute Gasteiger partial charge is 0.320 e. The predicted octanol–water partition coefficient (Wildman–Crippen LogP) is 3.04. The zero-order valence-corrected chi connectivity index (χ0v) is 11.6. The van der Waals surface area contributed by atoms with Crippen LogP contribution >= 0.6 is 0 Å². The van der Waals surface area contributed by atoms with Crippen LogP contribution in [0.3, 0.4) is 0 Å². The molecule has 0 aliphatic heterocycles. The summed E-state index contributed by atoms with van der Waals surface area (Å²) < 4.78 is 0. The molecule has 0 aromatic carbocycles. The molecule has 1 aliphatic carbocycles. The van der Waals surface area contributed by atoms with E-state index in [9.17, 15) is 9.90 Å². The Morgan fingerprint density at radius 1 is 1.47 bits per heavy atom. The standard InChI is InChI=1S/C14H27NO2/c1-5-6-7-11(13(16)17)15-12-9-14(3,4)8-10(12)2/h10-12,15H,5-9H2,1-4H3,(H,16,17). The fourth-order valence-corrected chi connectivity index (χ4v) is 3.06. The largest absolute Gasteiger partial charge is 0.480 e. The number of hydrogen-bond acceptors (Lipinski definition) is 2. The highest BCUT2D eigenvalue weighted by atomic mass is 16.4. The highest BCUT2D eigenvalue weighted by Gasteiger charge is 2.38. The van der Waals surface area contributed by atoms with Gasteiger partial charge >= 0.3 is 5.97 Å². The summed E-state index contributed by atoms with van der Waals surface area (Å²) in [4.78, 5) is 11.2. The van der Waals surface area contributed by atoms with Gasteiger partial charge in [-0.2, -0.15) is 0 Å². The Morgan fingerprint density at radius 2 is 2.12 bits per heavy atom. The summed E-state index contributed by atoms with van der Waals surface area (Å²) in [6, 6.07) is -0.000689. The molecule has 0 heterocycles. The van der Waals surface area contributed by atoms with Crippen LogP contribution in [0.4, 0.5) is 0 Å². The van der Waals surface area contributed by atoms with Crippen LogP contribution in [-0.4, -0.2) is 23.2 Å². The molecule has 1 aliphatic rings. The molecule has 3 heteroatoms. The minimum absolute atomic E-state index is 0.352. The van der Waals surface area contributed by atoms with Gasteiger partial charge in [-0.3, -0.25) is 4.79 Å². The van der Waals surface area contributed by atoms with Gasteiger partial charge in [0.2, 0.25) is 0 Å². The van der Waals surface area contributed by atoms with Gasteiger partial charge in [0.15, 0.2) is 0 Å². The highest BCUT2D eigenvalue weighted by molar-refractivity contribution is 5.73. The minimum Gasteiger partial charge on any atom is -0.480 e. The molecule has 0 bridgehead atoms. The summed E-state index contributed by atoms with van der Waals surface area (Å²) in [5.74, 6) is -0.121. The number of rotatable bonds is 6. The van der Waals surface area contributed by atoms with Gasteiger partial charge in [0, 0.05) is 6.04 Å². The van der Waals surface area contributed by atoms with Gasteiger partial charge in [0.05, 0.1) is 0 Å². The maximum atomic E-state index is 11.2. The second kappa shape index (κ2) is 5.85. The molecular weight excluding hydrogens is 214 g/mol. The molecule has 0 aromatic rings. The molecule has 3 unspecified atom stereocenters. The number of aliphatic carboxylic acids is 1. The summed E-state index contributed by atoms with van der Waals surface area (Å²) in [6.45, 7) is 8.87. The van der Waals surface area contributed by atoms with E-state index >= 15 is 0 Å². The second-order valence-electron chi connectivity index (χ2n) is 6.36. The lowest BCUT2D eigenvalue weighted by molar-refractivity contribution is -0.140. The van der Waals surface area contributed by atoms with E-state index < -0.39 is 5.97 Å². The van der Waals surface area contributed by atoms with Gasteiger partial charge in [0.1, 0.15) is 6.04 Å². The Hall–Kier alpha value is -0.570. The molecule has 0 saturated heterocycles. The molecule has 0 radical (unpaired) electrons. The van der Waals surface area contributed by atoms with Crippen molar-refractivity contribution in [1.82, 2.24) is 5.32 Å². The van der Waals surface area contributed by atoms with Crippen LogP contribution in [-0.2, 0) is 4.79 Å². The van der Waals surface area contributed by atoms with Crippen molar-refractivity contribution in [2.45, 2.75) is 71.9 Å². The maximum Gasteiger partial charge on any atom is 0.320 e. The van der Waals surface area contributed by atoms with Crippen molar-refractivity contribution in [3.05, 3.63) is 0 Å². The first-order chi connectivity index (χ1) is 7.85. The molecule has 3 nitrogen and oxygen atoms in total. The molecule has 0 amide bonds. The molecule has 1 rings (SSSR count). The lowest BCUT2D eigenvalue weighted by atomic mass is 9.91. The van der Waals surface area contributed by atoms with Crippen LogP contribution in [0.1, 0.15) is 59.8 Å². The zero-order chi connectivity index (χ0) is 13.1. The monoisotopic (exact) mass is 241 g/mol. The van der Waals surface area contributed by atoms with E-state index in [1.807, 2.05) is 0 Å². The molecule has 0 spiro atoms. The SMILES string of the molecule is CCCCC(NC1CC(C)(C)CC1C)C(=O)O. The van der Waals surface area contributed by atoms with Gasteiger partial charge in [-0.25, -0.2) is 0 Å². The van der Waals surface area contributed by atoms with Crippen molar-refractivity contribution in [1.29, 1.82) is 0 Å². The second-order valence-corrected chi connectivity index (χ2v) is 6.36. The summed E-state index contributed by atoms with van der Waals surface area (Å²) in [6.07, 6.45) is 5.05. The van der Waals surface area contributed by atoms with Gasteiger partial charge in [-0.1, -0.05) is 40.5 Å². The Morgan fingerprint density at radius 3 is 2.53 bits per heavy atom. The minimum atomic E-state index is -0.699. The number of hydrogen-bond donors (Lipinski definition) is 2. The third kappa shape index (κ3) is 4.30. The summed E-state index contributed by atoms with van der Waals surface area (Å²) in [7, 11) is 0. The number of carboxylic acids is 1. The molecule has 0 aromatic heterocycles. The van der Waals surface area contributed by atoms with E-state index in [1.165, 1.54) is 6.42 Å². The Balaban J connectivity index is 2.52. The maximum absolute atomic E-state index is 11.2. The van der Waals surface area contributed by atoms with E-state index in [0.29, 0.717) is 17.4 Å². The quantitative estimate of drug-likeness (QED) is 0.751. The van der Waals surface area contributed by atoms with Crippen molar-refractivity contribution >= 4 is 5.97 Å². The van der Waals surface area contributed by atoms with Gasteiger partial charge in [0.25, 0.3) is 0 Å². The topological polar surface area (TPSA) is 49.3 Å². The first kappa shape index (κ1) is 14.5. The van der Waals surface area contributed by atoms with Crippen LogP contribution in [0.15, 0.2) is 0 Å². The van der Waals surface area contributed by atoms with Crippen molar-refractivity contribution in [3.8, 4) is 0 Å². The van der Waals surface area contributed by atoms with Crippen molar-refractivity contribution in [3.63, 3.8) is 0 Å². The fourth-order valence-electron chi connectivity index (χ4n) is 3.06. The van der Waals surface area contributed by atoms with Crippen LogP contribution in [0.2, 0.25) is 0 Å². The molecule has 1 saturated carbocycles. The molecule has 17 heavy (non-hydrogen) atoms. The molecule has 100 valence electrons. The van der Waals surface area contributed by atoms with Gasteiger partial charge in [-0.05, 0) is 30.6 Å². The average molecular weight is 241 g/mol. The van der Waals surface area contributed by atoms with E-state index in [4.69, 9.17) is 0 Å². The molecule has 2 N–H and O–H groups in total. The Bertz CT molecular complexity index is 263. The van der Waals surface area contributed by atoms with E-state index in [1.54, 1.807) is 0 Å². The summed E-state index contributed by atoms with van der Waals surface area (Å²) >= 11 is 0. The van der Waals surface area contributed by atoms with Crippen molar-refractivity contribution in [2.24, 2.45) is 11.3 Å². The van der Waals surface area contributed by atoms with E-state index in [-0.39, 0.29) is 6.04 Å². The van der Waals surface area contributed by atoms with Crippen LogP contribution in [0.25, 0.3) is 0 Å². The molecular formula is C14H27NO2. The van der Waals surface area contributed by atoms with E-state index in [2.05, 4.69) is 33.0 Å².